The summed E-state index contributed by atoms with van der Waals surface area (Å²) in [6.45, 7) is 0. The predicted octanol–water partition coefficient (Wildman–Crippen LogP) is 4.19. The second-order valence-corrected chi connectivity index (χ2v) is 4.66. The number of alkyl halides is 2. The van der Waals surface area contributed by atoms with E-state index in [2.05, 4.69) is 4.98 Å². The number of aliphatic hydroxyl groups excluding tert-OH is 1. The van der Waals surface area contributed by atoms with Gasteiger partial charge in [0.05, 0.1) is 0 Å². The molecule has 0 bridgehead atoms. The molecule has 2 aromatic carbocycles. The van der Waals surface area contributed by atoms with Gasteiger partial charge >= 0.3 is 0 Å². The number of rotatable bonds is 3. The zero-order valence-corrected chi connectivity index (χ0v) is 10.6. The Kier molecular flexibility index (Phi) is 3.24. The molecular weight excluding hydrogens is 260 g/mol. The highest BCUT2D eigenvalue weighted by atomic mass is 19.3. The number of aromatic nitrogens is 1. The van der Waals surface area contributed by atoms with Crippen LogP contribution in [0.3, 0.4) is 0 Å². The zero-order chi connectivity index (χ0) is 14.1. The summed E-state index contributed by atoms with van der Waals surface area (Å²) in [6, 6.07) is 13.3. The number of halogens is 2. The van der Waals surface area contributed by atoms with E-state index in [1.54, 1.807) is 18.3 Å². The lowest BCUT2D eigenvalue weighted by Crippen LogP contribution is -2.01. The van der Waals surface area contributed by atoms with Crippen LogP contribution in [0.1, 0.15) is 29.2 Å². The summed E-state index contributed by atoms with van der Waals surface area (Å²) in [7, 11) is 0. The summed E-state index contributed by atoms with van der Waals surface area (Å²) >= 11 is 0. The molecule has 0 amide bonds. The van der Waals surface area contributed by atoms with Gasteiger partial charge in [0.25, 0.3) is 6.43 Å². The fraction of sp³-hybridized carbons (Fsp3) is 0.125. The minimum Gasteiger partial charge on any atom is -0.384 e. The lowest BCUT2D eigenvalue weighted by molar-refractivity contribution is 0.150. The van der Waals surface area contributed by atoms with Crippen LogP contribution in [-0.2, 0) is 0 Å². The Bertz CT molecular complexity index is 736. The van der Waals surface area contributed by atoms with Gasteiger partial charge in [0.15, 0.2) is 0 Å². The average molecular weight is 273 g/mol. The molecule has 0 aliphatic heterocycles. The first kappa shape index (κ1) is 12.8. The van der Waals surface area contributed by atoms with E-state index in [1.165, 1.54) is 18.2 Å². The maximum absolute atomic E-state index is 12.7. The molecule has 1 heterocycles. The van der Waals surface area contributed by atoms with E-state index < -0.39 is 12.5 Å². The molecule has 1 unspecified atom stereocenters. The van der Waals surface area contributed by atoms with Crippen LogP contribution in [0, 0.1) is 0 Å². The fourth-order valence-corrected chi connectivity index (χ4v) is 2.39. The third kappa shape index (κ3) is 2.18. The molecule has 1 atom stereocenters. The number of aromatic amines is 1. The van der Waals surface area contributed by atoms with Gasteiger partial charge in [-0.25, -0.2) is 8.78 Å². The van der Waals surface area contributed by atoms with Gasteiger partial charge in [0.2, 0.25) is 0 Å². The molecule has 0 aliphatic carbocycles. The molecule has 0 saturated heterocycles. The van der Waals surface area contributed by atoms with Crippen LogP contribution in [0.25, 0.3) is 10.9 Å². The van der Waals surface area contributed by atoms with Crippen LogP contribution >= 0.6 is 0 Å². The van der Waals surface area contributed by atoms with Crippen molar-refractivity contribution in [2.45, 2.75) is 12.5 Å². The molecule has 3 rings (SSSR count). The van der Waals surface area contributed by atoms with E-state index in [0.717, 1.165) is 10.9 Å². The van der Waals surface area contributed by atoms with Gasteiger partial charge < -0.3 is 10.1 Å². The molecule has 0 spiro atoms. The first-order valence-corrected chi connectivity index (χ1v) is 6.29. The van der Waals surface area contributed by atoms with E-state index in [0.29, 0.717) is 11.1 Å². The van der Waals surface area contributed by atoms with E-state index in [4.69, 9.17) is 0 Å². The standard InChI is InChI=1S/C16H13F2NO/c17-16(18)11-4-1-3-10(9-11)15(20)13-5-2-6-14-12(13)7-8-19-14/h1-9,15-16,19-20H. The van der Waals surface area contributed by atoms with E-state index in [1.807, 2.05) is 18.2 Å². The monoisotopic (exact) mass is 273 g/mol. The highest BCUT2D eigenvalue weighted by molar-refractivity contribution is 5.83. The summed E-state index contributed by atoms with van der Waals surface area (Å²) < 4.78 is 25.5. The predicted molar refractivity (Wildman–Crippen MR) is 73.8 cm³/mol. The van der Waals surface area contributed by atoms with Gasteiger partial charge in [0, 0.05) is 22.7 Å². The van der Waals surface area contributed by atoms with Crippen molar-refractivity contribution in [2.75, 3.05) is 0 Å². The van der Waals surface area contributed by atoms with Crippen molar-refractivity contribution in [2.24, 2.45) is 0 Å². The third-order valence-corrected chi connectivity index (χ3v) is 3.40. The second kappa shape index (κ2) is 5.06. The number of fused-ring (bicyclic) bond motifs is 1. The van der Waals surface area contributed by atoms with E-state index in [-0.39, 0.29) is 5.56 Å². The van der Waals surface area contributed by atoms with E-state index >= 15 is 0 Å². The summed E-state index contributed by atoms with van der Waals surface area (Å²) in [4.78, 5) is 3.06. The quantitative estimate of drug-likeness (QED) is 0.737. The van der Waals surface area contributed by atoms with Crippen molar-refractivity contribution in [1.82, 2.24) is 4.98 Å². The van der Waals surface area contributed by atoms with Crippen molar-refractivity contribution in [3.63, 3.8) is 0 Å². The summed E-state index contributed by atoms with van der Waals surface area (Å²) in [5.41, 5.74) is 2.00. The Morgan fingerprint density at radius 1 is 0.950 bits per heavy atom. The molecule has 2 N–H and O–H groups in total. The summed E-state index contributed by atoms with van der Waals surface area (Å²) in [5.74, 6) is 0. The van der Waals surface area contributed by atoms with Crippen LogP contribution in [-0.4, -0.2) is 10.1 Å². The number of nitrogens with one attached hydrogen (secondary N) is 1. The Hall–Kier alpha value is -2.20. The molecule has 2 nitrogen and oxygen atoms in total. The second-order valence-electron chi connectivity index (χ2n) is 4.66. The molecule has 0 saturated carbocycles. The molecule has 102 valence electrons. The van der Waals surface area contributed by atoms with Gasteiger partial charge in [-0.3, -0.25) is 0 Å². The molecule has 4 heteroatoms. The van der Waals surface area contributed by atoms with Crippen molar-refractivity contribution in [3.8, 4) is 0 Å². The van der Waals surface area contributed by atoms with Gasteiger partial charge in [0.1, 0.15) is 6.10 Å². The molecular formula is C16H13F2NO. The SMILES string of the molecule is OC(c1cccc(C(F)F)c1)c1cccc2[nH]ccc12. The molecule has 20 heavy (non-hydrogen) atoms. The largest absolute Gasteiger partial charge is 0.384 e. The van der Waals surface area contributed by atoms with Crippen molar-refractivity contribution >= 4 is 10.9 Å². The molecule has 1 aromatic heterocycles. The Balaban J connectivity index is 2.06. The Morgan fingerprint density at radius 2 is 1.70 bits per heavy atom. The number of benzene rings is 2. The number of aliphatic hydroxyl groups is 1. The Labute approximate surface area is 114 Å². The summed E-state index contributed by atoms with van der Waals surface area (Å²) in [6.07, 6.45) is -1.67. The first-order chi connectivity index (χ1) is 9.66. The van der Waals surface area contributed by atoms with Crippen LogP contribution < -0.4 is 0 Å². The normalized spacial score (nSPS) is 13.0. The van der Waals surface area contributed by atoms with Crippen LogP contribution in [0.5, 0.6) is 0 Å². The zero-order valence-electron chi connectivity index (χ0n) is 10.6. The van der Waals surface area contributed by atoms with Crippen LogP contribution in [0.2, 0.25) is 0 Å². The van der Waals surface area contributed by atoms with Crippen molar-refractivity contribution in [1.29, 1.82) is 0 Å². The minimum atomic E-state index is -2.54. The van der Waals surface area contributed by atoms with Gasteiger partial charge in [-0.1, -0.05) is 30.3 Å². The van der Waals surface area contributed by atoms with Crippen molar-refractivity contribution in [3.05, 3.63) is 71.4 Å². The third-order valence-electron chi connectivity index (χ3n) is 3.40. The topological polar surface area (TPSA) is 36.0 Å². The highest BCUT2D eigenvalue weighted by Crippen LogP contribution is 2.30. The van der Waals surface area contributed by atoms with Crippen LogP contribution in [0.15, 0.2) is 54.7 Å². The number of H-pyrrole nitrogens is 1. The van der Waals surface area contributed by atoms with Gasteiger partial charge in [-0.15, -0.1) is 0 Å². The number of hydrogen-bond acceptors (Lipinski definition) is 1. The fourth-order valence-electron chi connectivity index (χ4n) is 2.39. The van der Waals surface area contributed by atoms with Gasteiger partial charge in [-0.05, 0) is 29.3 Å². The van der Waals surface area contributed by atoms with Crippen LogP contribution in [0.4, 0.5) is 8.78 Å². The highest BCUT2D eigenvalue weighted by Gasteiger charge is 2.16. The molecule has 0 fully saturated rings. The molecule has 3 aromatic rings. The average Bonchev–Trinajstić information content (AvgIpc) is 2.95. The smallest absolute Gasteiger partial charge is 0.263 e. The lowest BCUT2D eigenvalue weighted by Gasteiger charge is -2.14. The molecule has 0 radical (unpaired) electrons. The Morgan fingerprint density at radius 3 is 2.50 bits per heavy atom. The minimum absolute atomic E-state index is 0.0807. The molecule has 0 aliphatic rings. The maximum Gasteiger partial charge on any atom is 0.263 e. The maximum atomic E-state index is 12.7. The number of hydrogen-bond donors (Lipinski definition) is 2. The van der Waals surface area contributed by atoms with Gasteiger partial charge in [-0.2, -0.15) is 0 Å². The lowest BCUT2D eigenvalue weighted by atomic mass is 9.97. The summed E-state index contributed by atoms with van der Waals surface area (Å²) in [5, 5.41) is 11.3. The van der Waals surface area contributed by atoms with E-state index in [9.17, 15) is 13.9 Å². The van der Waals surface area contributed by atoms with Crippen molar-refractivity contribution < 1.29 is 13.9 Å². The first-order valence-electron chi connectivity index (χ1n) is 6.29.